The van der Waals surface area contributed by atoms with Crippen LogP contribution in [0.1, 0.15) is 5.56 Å². The van der Waals surface area contributed by atoms with Gasteiger partial charge < -0.3 is 4.42 Å². The van der Waals surface area contributed by atoms with Gasteiger partial charge in [-0.1, -0.05) is 36.0 Å². The molecular formula is C17H14FN3O3S. The zero-order chi connectivity index (χ0) is 17.6. The van der Waals surface area contributed by atoms with Gasteiger partial charge in [0.15, 0.2) is 5.58 Å². The summed E-state index contributed by atoms with van der Waals surface area (Å²) in [6.07, 6.45) is -0.0314. The third-order valence-corrected chi connectivity index (χ3v) is 4.02. The van der Waals surface area contributed by atoms with Gasteiger partial charge in [0.05, 0.1) is 12.2 Å². The highest BCUT2D eigenvalue weighted by atomic mass is 32.2. The van der Waals surface area contributed by atoms with Crippen molar-refractivity contribution in [1.82, 2.24) is 15.8 Å². The number of para-hydroxylation sites is 2. The molecule has 0 aliphatic heterocycles. The predicted octanol–water partition coefficient (Wildman–Crippen LogP) is 2.45. The van der Waals surface area contributed by atoms with Gasteiger partial charge >= 0.3 is 0 Å². The number of carbonyl (C=O) groups is 2. The van der Waals surface area contributed by atoms with Crippen molar-refractivity contribution in [1.29, 1.82) is 0 Å². The molecule has 2 aromatic carbocycles. The number of rotatable bonds is 5. The number of amides is 2. The van der Waals surface area contributed by atoms with Crippen molar-refractivity contribution in [2.24, 2.45) is 0 Å². The molecule has 1 aromatic heterocycles. The largest absolute Gasteiger partial charge is 0.431 e. The highest BCUT2D eigenvalue weighted by Crippen LogP contribution is 2.22. The molecule has 0 saturated heterocycles. The molecule has 128 valence electrons. The van der Waals surface area contributed by atoms with Crippen LogP contribution in [0.15, 0.2) is 58.2 Å². The molecule has 1 heterocycles. The van der Waals surface area contributed by atoms with Crippen LogP contribution < -0.4 is 10.9 Å². The molecule has 0 aliphatic rings. The van der Waals surface area contributed by atoms with Crippen molar-refractivity contribution in [3.05, 3.63) is 59.9 Å². The van der Waals surface area contributed by atoms with Gasteiger partial charge in [-0.2, -0.15) is 0 Å². The third kappa shape index (κ3) is 4.80. The van der Waals surface area contributed by atoms with E-state index in [4.69, 9.17) is 4.42 Å². The Balaban J connectivity index is 1.43. The lowest BCUT2D eigenvalue weighted by Crippen LogP contribution is -2.43. The first-order chi connectivity index (χ1) is 12.1. The van der Waals surface area contributed by atoms with E-state index < -0.39 is 17.6 Å². The molecule has 3 aromatic rings. The number of hydrogen-bond donors (Lipinski definition) is 2. The number of aromatic nitrogens is 1. The van der Waals surface area contributed by atoms with Crippen LogP contribution >= 0.6 is 11.8 Å². The smallest absolute Gasteiger partial charge is 0.257 e. The Morgan fingerprint density at radius 1 is 1.08 bits per heavy atom. The maximum Gasteiger partial charge on any atom is 0.257 e. The molecule has 0 radical (unpaired) electrons. The molecule has 0 fully saturated rings. The van der Waals surface area contributed by atoms with Gasteiger partial charge in [-0.25, -0.2) is 9.37 Å². The fraction of sp³-hybridized carbons (Fsp3) is 0.118. The van der Waals surface area contributed by atoms with Crippen molar-refractivity contribution in [3.63, 3.8) is 0 Å². The molecule has 8 heteroatoms. The molecule has 6 nitrogen and oxygen atoms in total. The van der Waals surface area contributed by atoms with Gasteiger partial charge in [-0.15, -0.1) is 0 Å². The molecule has 2 amide bonds. The topological polar surface area (TPSA) is 84.2 Å². The van der Waals surface area contributed by atoms with Crippen LogP contribution in [0.4, 0.5) is 4.39 Å². The Bertz CT molecular complexity index is 880. The molecule has 0 atom stereocenters. The van der Waals surface area contributed by atoms with Crippen LogP contribution in [0.2, 0.25) is 0 Å². The Hall–Kier alpha value is -2.87. The first-order valence-corrected chi connectivity index (χ1v) is 8.39. The third-order valence-electron chi connectivity index (χ3n) is 3.20. The molecule has 0 unspecified atom stereocenters. The zero-order valence-corrected chi connectivity index (χ0v) is 13.8. The average molecular weight is 359 g/mol. The van der Waals surface area contributed by atoms with Gasteiger partial charge in [0, 0.05) is 0 Å². The summed E-state index contributed by atoms with van der Waals surface area (Å²) in [5.41, 5.74) is 6.47. The lowest BCUT2D eigenvalue weighted by atomic mass is 10.1. The van der Waals surface area contributed by atoms with E-state index in [9.17, 15) is 14.0 Å². The van der Waals surface area contributed by atoms with E-state index in [1.165, 1.54) is 18.2 Å². The summed E-state index contributed by atoms with van der Waals surface area (Å²) in [7, 11) is 0. The Kier molecular flexibility index (Phi) is 5.30. The van der Waals surface area contributed by atoms with Gasteiger partial charge in [-0.05, 0) is 29.8 Å². The zero-order valence-electron chi connectivity index (χ0n) is 13.0. The Morgan fingerprint density at radius 3 is 2.68 bits per heavy atom. The number of carbonyl (C=O) groups excluding carboxylic acids is 2. The molecule has 2 N–H and O–H groups in total. The van der Waals surface area contributed by atoms with Crippen LogP contribution in [0, 0.1) is 5.82 Å². The highest BCUT2D eigenvalue weighted by molar-refractivity contribution is 7.99. The molecule has 0 bridgehead atoms. The lowest BCUT2D eigenvalue weighted by molar-refractivity contribution is -0.127. The number of hydrogen-bond acceptors (Lipinski definition) is 5. The van der Waals surface area contributed by atoms with E-state index in [1.807, 2.05) is 18.2 Å². The predicted molar refractivity (Wildman–Crippen MR) is 91.1 cm³/mol. The van der Waals surface area contributed by atoms with Gasteiger partial charge in [0.2, 0.25) is 11.8 Å². The maximum atomic E-state index is 13.1. The molecule has 0 aliphatic carbocycles. The van der Waals surface area contributed by atoms with E-state index in [2.05, 4.69) is 15.8 Å². The van der Waals surface area contributed by atoms with Crippen LogP contribution in [0.3, 0.4) is 0 Å². The van der Waals surface area contributed by atoms with Crippen LogP contribution in [0.25, 0.3) is 11.1 Å². The molecule has 3 rings (SSSR count). The van der Waals surface area contributed by atoms with Crippen molar-refractivity contribution < 1.29 is 18.4 Å². The number of nitrogens with one attached hydrogen (secondary N) is 2. The number of halogens is 1. The molecule has 0 spiro atoms. The molecule has 25 heavy (non-hydrogen) atoms. The number of oxazole rings is 1. The summed E-state index contributed by atoms with van der Waals surface area (Å²) in [5.74, 6) is -1.22. The van der Waals surface area contributed by atoms with E-state index >= 15 is 0 Å². The summed E-state index contributed by atoms with van der Waals surface area (Å²) in [6, 6.07) is 13.0. The summed E-state index contributed by atoms with van der Waals surface area (Å²) in [5, 5.41) is 0.377. The van der Waals surface area contributed by atoms with E-state index in [-0.39, 0.29) is 12.2 Å². The fourth-order valence-electron chi connectivity index (χ4n) is 2.09. The van der Waals surface area contributed by atoms with Crippen LogP contribution in [-0.2, 0) is 16.0 Å². The second kappa shape index (κ2) is 7.80. The highest BCUT2D eigenvalue weighted by Gasteiger charge is 2.10. The van der Waals surface area contributed by atoms with E-state index in [1.54, 1.807) is 12.1 Å². The van der Waals surface area contributed by atoms with Gasteiger partial charge in [0.25, 0.3) is 5.22 Å². The lowest BCUT2D eigenvalue weighted by Gasteiger charge is -2.06. The SMILES string of the molecule is O=C(CSc1nc2ccccc2o1)NNC(=O)Cc1cccc(F)c1. The number of fused-ring (bicyclic) bond motifs is 1. The maximum absolute atomic E-state index is 13.1. The second-order valence-electron chi connectivity index (χ2n) is 5.14. The normalized spacial score (nSPS) is 10.6. The quantitative estimate of drug-likeness (QED) is 0.540. The van der Waals surface area contributed by atoms with Crippen molar-refractivity contribution in [2.45, 2.75) is 11.6 Å². The van der Waals surface area contributed by atoms with Crippen molar-refractivity contribution >= 4 is 34.7 Å². The minimum atomic E-state index is -0.439. The Labute approximate surface area is 146 Å². The summed E-state index contributed by atoms with van der Waals surface area (Å²) >= 11 is 1.12. The van der Waals surface area contributed by atoms with Crippen LogP contribution in [0.5, 0.6) is 0 Å². The molecular weight excluding hydrogens is 345 g/mol. The number of nitrogens with zero attached hydrogens (tertiary/aromatic N) is 1. The fourth-order valence-corrected chi connectivity index (χ4v) is 2.73. The van der Waals surface area contributed by atoms with Crippen molar-refractivity contribution in [2.75, 3.05) is 5.75 Å². The van der Waals surface area contributed by atoms with E-state index in [0.717, 1.165) is 11.8 Å². The number of hydrazine groups is 1. The number of benzene rings is 2. The van der Waals surface area contributed by atoms with Gasteiger partial charge in [-0.3, -0.25) is 20.4 Å². The van der Waals surface area contributed by atoms with Crippen LogP contribution in [-0.4, -0.2) is 22.6 Å². The minimum absolute atomic E-state index is 0.0314. The standard InChI is InChI=1S/C17H14FN3O3S/c18-12-5-3-4-11(8-12)9-15(22)20-21-16(23)10-25-17-19-13-6-1-2-7-14(13)24-17/h1-8H,9-10H2,(H,20,22)(H,21,23). The van der Waals surface area contributed by atoms with Gasteiger partial charge in [0.1, 0.15) is 11.3 Å². The Morgan fingerprint density at radius 2 is 1.88 bits per heavy atom. The first-order valence-electron chi connectivity index (χ1n) is 7.40. The summed E-state index contributed by atoms with van der Waals surface area (Å²) in [6.45, 7) is 0. The first kappa shape index (κ1) is 17.0. The minimum Gasteiger partial charge on any atom is -0.431 e. The van der Waals surface area contributed by atoms with E-state index in [0.29, 0.717) is 21.9 Å². The number of thioether (sulfide) groups is 1. The summed E-state index contributed by atoms with van der Waals surface area (Å²) < 4.78 is 18.5. The monoisotopic (exact) mass is 359 g/mol. The second-order valence-corrected chi connectivity index (χ2v) is 6.07. The van der Waals surface area contributed by atoms with Crippen molar-refractivity contribution in [3.8, 4) is 0 Å². The average Bonchev–Trinajstić information content (AvgIpc) is 3.01. The summed E-state index contributed by atoms with van der Waals surface area (Å²) in [4.78, 5) is 27.7. The molecule has 0 saturated carbocycles.